The summed E-state index contributed by atoms with van der Waals surface area (Å²) >= 11 is 1.19. The molecule has 40 heavy (non-hydrogen) atoms. The molecule has 2 aromatic rings. The Hall–Kier alpha value is -3.05. The van der Waals surface area contributed by atoms with Crippen molar-refractivity contribution in [3.05, 3.63) is 83.7 Å². The van der Waals surface area contributed by atoms with Crippen LogP contribution in [0, 0.1) is 5.92 Å². The minimum absolute atomic E-state index is 0.147. The lowest BCUT2D eigenvalue weighted by Gasteiger charge is -2.22. The minimum Gasteiger partial charge on any atom is -0.495 e. The SMILES string of the molecule is COCC(c1c[nH]c2ncc(OC)cc12)C(C)/C(F)=C\C/C=C(/NSC1C=C/C=C(C(F)(F)F)\C=C/C1)C(C)F. The molecule has 5 nitrogen and oxygen atoms in total. The Morgan fingerprint density at radius 2 is 2.05 bits per heavy atom. The number of aromatic nitrogens is 2. The highest BCUT2D eigenvalue weighted by Gasteiger charge is 2.31. The number of aromatic amines is 1. The molecule has 2 heterocycles. The van der Waals surface area contributed by atoms with Crippen molar-refractivity contribution in [1.29, 1.82) is 0 Å². The zero-order valence-corrected chi connectivity index (χ0v) is 23.6. The third-order valence-corrected chi connectivity index (χ3v) is 7.57. The molecule has 0 radical (unpaired) electrons. The summed E-state index contributed by atoms with van der Waals surface area (Å²) in [7, 11) is 3.11. The van der Waals surface area contributed by atoms with Gasteiger partial charge in [-0.25, -0.2) is 13.8 Å². The fourth-order valence-electron chi connectivity index (χ4n) is 4.23. The van der Waals surface area contributed by atoms with E-state index in [1.807, 2.05) is 6.07 Å². The number of fused-ring (bicyclic) bond motifs is 1. The maximum absolute atomic E-state index is 15.3. The van der Waals surface area contributed by atoms with Crippen LogP contribution in [0.3, 0.4) is 0 Å². The Kier molecular flexibility index (Phi) is 11.4. The van der Waals surface area contributed by atoms with Crippen molar-refractivity contribution >= 4 is 23.0 Å². The molecule has 11 heteroatoms. The standard InChI is InChI=1S/C29H34F5N3O2S/c1-18(25(17-38-3)24-16-36-28-23(24)14-21(39-4)15-35-28)26(31)12-7-13-27(19(2)30)37-40-22-10-5-8-20(9-6-11-22)29(32,33)34/h5-6,8-10,12-16,18-19,22,25,37H,7,11,17H2,1-4H3,(H,35,36)/b9-6-,10-5?,20-8+,26-12+,27-13+. The van der Waals surface area contributed by atoms with Crippen LogP contribution < -0.4 is 9.46 Å². The first-order valence-corrected chi connectivity index (χ1v) is 13.7. The fraction of sp³-hybridized carbons (Fsp3) is 0.414. The van der Waals surface area contributed by atoms with Gasteiger partial charge in [0, 0.05) is 35.8 Å². The molecule has 4 atom stereocenters. The zero-order chi connectivity index (χ0) is 29.3. The summed E-state index contributed by atoms with van der Waals surface area (Å²) in [5.41, 5.74) is 1.04. The summed E-state index contributed by atoms with van der Waals surface area (Å²) < 4.78 is 82.0. The normalized spacial score (nSPS) is 21.2. The Morgan fingerprint density at radius 3 is 2.73 bits per heavy atom. The molecule has 3 rings (SSSR count). The average molecular weight is 584 g/mol. The van der Waals surface area contributed by atoms with Gasteiger partial charge in [0.2, 0.25) is 0 Å². The van der Waals surface area contributed by atoms with E-state index >= 15 is 4.39 Å². The lowest BCUT2D eigenvalue weighted by molar-refractivity contribution is -0.0882. The third kappa shape index (κ3) is 8.47. The van der Waals surface area contributed by atoms with Gasteiger partial charge in [-0.3, -0.25) is 0 Å². The molecule has 2 N–H and O–H groups in total. The highest BCUT2D eigenvalue weighted by molar-refractivity contribution is 7.98. The van der Waals surface area contributed by atoms with Gasteiger partial charge in [-0.2, -0.15) is 13.2 Å². The van der Waals surface area contributed by atoms with Crippen molar-refractivity contribution in [1.82, 2.24) is 14.7 Å². The van der Waals surface area contributed by atoms with Crippen molar-refractivity contribution in [3.63, 3.8) is 0 Å². The first kappa shape index (κ1) is 31.5. The molecule has 0 amide bonds. The van der Waals surface area contributed by atoms with Crippen LogP contribution in [-0.2, 0) is 4.74 Å². The number of nitrogens with zero attached hydrogens (tertiary/aromatic N) is 1. The summed E-state index contributed by atoms with van der Waals surface area (Å²) in [4.78, 5) is 7.45. The van der Waals surface area contributed by atoms with Crippen LogP contribution in [0.15, 0.2) is 78.1 Å². The number of pyridine rings is 1. The summed E-state index contributed by atoms with van der Waals surface area (Å²) in [6, 6.07) is 1.85. The number of hydrogen-bond acceptors (Lipinski definition) is 5. The average Bonchev–Trinajstić information content (AvgIpc) is 3.31. The highest BCUT2D eigenvalue weighted by Crippen LogP contribution is 2.36. The number of allylic oxidation sites excluding steroid dienone is 9. The lowest BCUT2D eigenvalue weighted by Crippen LogP contribution is -2.17. The van der Waals surface area contributed by atoms with E-state index in [9.17, 15) is 17.6 Å². The van der Waals surface area contributed by atoms with Gasteiger partial charge in [0.05, 0.1) is 37.0 Å². The summed E-state index contributed by atoms with van der Waals surface area (Å²) in [5.74, 6) is -0.617. The van der Waals surface area contributed by atoms with Gasteiger partial charge < -0.3 is 19.2 Å². The van der Waals surface area contributed by atoms with Gasteiger partial charge in [-0.05, 0) is 49.4 Å². The fourth-order valence-corrected chi connectivity index (χ4v) is 5.14. The number of methoxy groups -OCH3 is 2. The molecule has 0 saturated heterocycles. The summed E-state index contributed by atoms with van der Waals surface area (Å²) in [6.07, 6.45) is 7.57. The second-order valence-corrected chi connectivity index (χ2v) is 10.4. The van der Waals surface area contributed by atoms with E-state index in [0.717, 1.165) is 23.1 Å². The first-order chi connectivity index (χ1) is 19.0. The number of nitrogens with one attached hydrogen (secondary N) is 2. The molecule has 218 valence electrons. The van der Waals surface area contributed by atoms with E-state index in [4.69, 9.17) is 9.47 Å². The van der Waals surface area contributed by atoms with Crippen molar-refractivity contribution < 1.29 is 31.4 Å². The Bertz CT molecular complexity index is 1280. The van der Waals surface area contributed by atoms with Crippen LogP contribution in [0.1, 0.15) is 38.2 Å². The van der Waals surface area contributed by atoms with Gasteiger partial charge in [-0.1, -0.05) is 43.4 Å². The second kappa shape index (κ2) is 14.5. The van der Waals surface area contributed by atoms with Crippen LogP contribution in [0.25, 0.3) is 11.0 Å². The van der Waals surface area contributed by atoms with E-state index in [1.165, 1.54) is 37.1 Å². The topological polar surface area (TPSA) is 59.2 Å². The van der Waals surface area contributed by atoms with E-state index in [-0.39, 0.29) is 35.7 Å². The van der Waals surface area contributed by atoms with Gasteiger partial charge in [0.25, 0.3) is 0 Å². The number of alkyl halides is 4. The molecule has 0 spiro atoms. The molecule has 1 aliphatic rings. The number of ether oxygens (including phenoxy) is 2. The molecule has 0 aliphatic heterocycles. The van der Waals surface area contributed by atoms with Gasteiger partial charge >= 0.3 is 6.18 Å². The second-order valence-electron chi connectivity index (χ2n) is 9.37. The number of H-pyrrole nitrogens is 1. The molecule has 2 aromatic heterocycles. The Labute approximate surface area is 235 Å². The van der Waals surface area contributed by atoms with E-state index in [2.05, 4.69) is 14.7 Å². The van der Waals surface area contributed by atoms with Crippen molar-refractivity contribution in [3.8, 4) is 5.75 Å². The quantitative estimate of drug-likeness (QED) is 0.196. The third-order valence-electron chi connectivity index (χ3n) is 6.56. The van der Waals surface area contributed by atoms with Crippen LogP contribution in [0.5, 0.6) is 5.75 Å². The van der Waals surface area contributed by atoms with Crippen LogP contribution in [-0.4, -0.2) is 48.4 Å². The predicted octanol–water partition coefficient (Wildman–Crippen LogP) is 8.03. The largest absolute Gasteiger partial charge is 0.495 e. The summed E-state index contributed by atoms with van der Waals surface area (Å²) in [6.45, 7) is 3.41. The monoisotopic (exact) mass is 583 g/mol. The first-order valence-electron chi connectivity index (χ1n) is 12.8. The van der Waals surface area contributed by atoms with Crippen molar-refractivity contribution in [2.75, 3.05) is 20.8 Å². The van der Waals surface area contributed by atoms with Gasteiger partial charge in [-0.15, -0.1) is 0 Å². The molecular formula is C29H34F5N3O2S. The Balaban J connectivity index is 1.68. The molecule has 0 saturated carbocycles. The molecule has 4 unspecified atom stereocenters. The van der Waals surface area contributed by atoms with Crippen molar-refractivity contribution in [2.45, 2.75) is 50.2 Å². The number of hydrogen-bond donors (Lipinski definition) is 2. The van der Waals surface area contributed by atoms with E-state index in [1.54, 1.807) is 45.7 Å². The lowest BCUT2D eigenvalue weighted by atomic mass is 9.86. The maximum atomic E-state index is 15.3. The molecular weight excluding hydrogens is 549 g/mol. The molecule has 0 aromatic carbocycles. The summed E-state index contributed by atoms with van der Waals surface area (Å²) in [5, 5.41) is 0.606. The minimum atomic E-state index is -4.41. The van der Waals surface area contributed by atoms with Crippen molar-refractivity contribution in [2.24, 2.45) is 5.92 Å². The van der Waals surface area contributed by atoms with Crippen LogP contribution in [0.4, 0.5) is 22.0 Å². The maximum Gasteiger partial charge on any atom is 0.416 e. The van der Waals surface area contributed by atoms with Gasteiger partial charge in [0.15, 0.2) is 0 Å². The predicted molar refractivity (Wildman–Crippen MR) is 150 cm³/mol. The smallest absolute Gasteiger partial charge is 0.416 e. The molecule has 0 fully saturated rings. The number of halogens is 5. The van der Waals surface area contributed by atoms with Crippen LogP contribution in [0.2, 0.25) is 0 Å². The van der Waals surface area contributed by atoms with E-state index < -0.39 is 23.8 Å². The zero-order valence-electron chi connectivity index (χ0n) is 22.8. The number of rotatable bonds is 12. The molecule has 0 bridgehead atoms. The molecule has 1 aliphatic carbocycles. The van der Waals surface area contributed by atoms with E-state index in [0.29, 0.717) is 17.8 Å². The highest BCUT2D eigenvalue weighted by atomic mass is 32.2. The van der Waals surface area contributed by atoms with Gasteiger partial charge in [0.1, 0.15) is 17.6 Å². The van der Waals surface area contributed by atoms with Crippen LogP contribution >= 0.6 is 11.9 Å². The Morgan fingerprint density at radius 1 is 1.27 bits per heavy atom.